The Bertz CT molecular complexity index is 185. The molecular formula is C7H10O3. The highest BCUT2D eigenvalue weighted by molar-refractivity contribution is 5.97. The van der Waals surface area contributed by atoms with Crippen LogP contribution < -0.4 is 0 Å². The normalized spacial score (nSPS) is 39.1. The van der Waals surface area contributed by atoms with Crippen LogP contribution >= 0.6 is 0 Å². The van der Waals surface area contributed by atoms with E-state index in [0.29, 0.717) is 0 Å². The Morgan fingerprint density at radius 2 is 2.40 bits per heavy atom. The summed E-state index contributed by atoms with van der Waals surface area (Å²) in [5, 5.41) is 9.18. The smallest absolute Gasteiger partial charge is 0.187 e. The maximum atomic E-state index is 10.7. The maximum Gasteiger partial charge on any atom is 0.187 e. The molecule has 0 aliphatic heterocycles. The van der Waals surface area contributed by atoms with E-state index in [1.807, 2.05) is 0 Å². The van der Waals surface area contributed by atoms with Crippen LogP contribution in [0.25, 0.3) is 0 Å². The molecule has 0 saturated heterocycles. The summed E-state index contributed by atoms with van der Waals surface area (Å²) in [6, 6.07) is 0. The zero-order valence-electron chi connectivity index (χ0n) is 6.00. The molecule has 0 heterocycles. The Morgan fingerprint density at radius 1 is 1.80 bits per heavy atom. The first-order valence-electron chi connectivity index (χ1n) is 3.06. The number of rotatable bonds is 1. The van der Waals surface area contributed by atoms with Crippen molar-refractivity contribution < 1.29 is 14.6 Å². The summed E-state index contributed by atoms with van der Waals surface area (Å²) in [7, 11) is 1.46. The second-order valence-electron chi connectivity index (χ2n) is 2.53. The number of hydrogen-bond donors (Lipinski definition) is 1. The van der Waals surface area contributed by atoms with Crippen molar-refractivity contribution in [2.75, 3.05) is 7.11 Å². The molecule has 56 valence electrons. The van der Waals surface area contributed by atoms with Gasteiger partial charge in [0.1, 0.15) is 11.7 Å². The van der Waals surface area contributed by atoms with E-state index in [4.69, 9.17) is 4.74 Å². The Balaban J connectivity index is 2.83. The highest BCUT2D eigenvalue weighted by atomic mass is 16.5. The molecule has 2 atom stereocenters. The average molecular weight is 142 g/mol. The molecule has 10 heavy (non-hydrogen) atoms. The van der Waals surface area contributed by atoms with E-state index >= 15 is 0 Å². The van der Waals surface area contributed by atoms with Crippen LogP contribution in [-0.2, 0) is 9.53 Å². The predicted octanol–water partition coefficient (Wildman–Crippen LogP) is -0.109. The molecule has 0 fully saturated rings. The van der Waals surface area contributed by atoms with Crippen LogP contribution in [0.2, 0.25) is 0 Å². The topological polar surface area (TPSA) is 46.5 Å². The second kappa shape index (κ2) is 2.18. The first kappa shape index (κ1) is 7.44. The van der Waals surface area contributed by atoms with Crippen molar-refractivity contribution in [3.8, 4) is 0 Å². The molecule has 0 aromatic carbocycles. The molecule has 0 amide bonds. The summed E-state index contributed by atoms with van der Waals surface area (Å²) in [5.41, 5.74) is -0.808. The number of aliphatic hydroxyl groups is 1. The third-order valence-electron chi connectivity index (χ3n) is 1.83. The SMILES string of the molecule is COC1(C)C=CC(=O)C1O. The van der Waals surface area contributed by atoms with Crippen LogP contribution in [0.5, 0.6) is 0 Å². The van der Waals surface area contributed by atoms with Gasteiger partial charge >= 0.3 is 0 Å². The molecule has 1 rings (SSSR count). The van der Waals surface area contributed by atoms with Crippen molar-refractivity contribution in [1.82, 2.24) is 0 Å². The van der Waals surface area contributed by atoms with Gasteiger partial charge in [0, 0.05) is 7.11 Å². The fraction of sp³-hybridized carbons (Fsp3) is 0.571. The third-order valence-corrected chi connectivity index (χ3v) is 1.83. The molecule has 3 heteroatoms. The van der Waals surface area contributed by atoms with Gasteiger partial charge in [0.2, 0.25) is 0 Å². The van der Waals surface area contributed by atoms with E-state index in [1.54, 1.807) is 13.0 Å². The van der Waals surface area contributed by atoms with Gasteiger partial charge in [-0.05, 0) is 19.1 Å². The number of aliphatic hydroxyl groups excluding tert-OH is 1. The minimum absolute atomic E-state index is 0.288. The van der Waals surface area contributed by atoms with Gasteiger partial charge in [-0.3, -0.25) is 4.79 Å². The van der Waals surface area contributed by atoms with Crippen molar-refractivity contribution >= 4 is 5.78 Å². The minimum Gasteiger partial charge on any atom is -0.382 e. The zero-order chi connectivity index (χ0) is 7.78. The third kappa shape index (κ3) is 0.874. The first-order chi connectivity index (χ1) is 4.60. The van der Waals surface area contributed by atoms with Gasteiger partial charge < -0.3 is 9.84 Å². The lowest BCUT2D eigenvalue weighted by Gasteiger charge is -2.23. The Morgan fingerprint density at radius 3 is 2.60 bits per heavy atom. The Labute approximate surface area is 59.3 Å². The second-order valence-corrected chi connectivity index (χ2v) is 2.53. The Kier molecular flexibility index (Phi) is 1.62. The minimum atomic E-state index is -1.03. The molecule has 0 spiro atoms. The van der Waals surface area contributed by atoms with E-state index in [2.05, 4.69) is 0 Å². The van der Waals surface area contributed by atoms with Crippen molar-refractivity contribution in [3.05, 3.63) is 12.2 Å². The molecule has 1 aliphatic rings. The summed E-state index contributed by atoms with van der Waals surface area (Å²) >= 11 is 0. The van der Waals surface area contributed by atoms with Gasteiger partial charge in [-0.25, -0.2) is 0 Å². The average Bonchev–Trinajstić information content (AvgIpc) is 2.19. The fourth-order valence-electron chi connectivity index (χ4n) is 0.892. The van der Waals surface area contributed by atoms with E-state index in [-0.39, 0.29) is 5.78 Å². The Hall–Kier alpha value is -0.670. The molecule has 0 aromatic rings. The number of carbonyl (C=O) groups excluding carboxylic acids is 1. The van der Waals surface area contributed by atoms with Gasteiger partial charge in [-0.15, -0.1) is 0 Å². The van der Waals surface area contributed by atoms with Crippen molar-refractivity contribution in [2.45, 2.75) is 18.6 Å². The van der Waals surface area contributed by atoms with E-state index < -0.39 is 11.7 Å². The zero-order valence-corrected chi connectivity index (χ0v) is 6.00. The van der Waals surface area contributed by atoms with Crippen LogP contribution in [0.15, 0.2) is 12.2 Å². The predicted molar refractivity (Wildman–Crippen MR) is 35.6 cm³/mol. The molecule has 2 unspecified atom stereocenters. The van der Waals surface area contributed by atoms with E-state index in [9.17, 15) is 9.90 Å². The molecule has 1 aliphatic carbocycles. The summed E-state index contributed by atoms with van der Waals surface area (Å²) < 4.78 is 4.92. The van der Waals surface area contributed by atoms with Crippen molar-refractivity contribution in [1.29, 1.82) is 0 Å². The molecule has 0 bridgehead atoms. The van der Waals surface area contributed by atoms with Crippen LogP contribution in [0.1, 0.15) is 6.92 Å². The van der Waals surface area contributed by atoms with Gasteiger partial charge in [0.15, 0.2) is 5.78 Å². The summed E-state index contributed by atoms with van der Waals surface area (Å²) in [6.45, 7) is 1.67. The molecule has 1 N–H and O–H groups in total. The lowest BCUT2D eigenvalue weighted by molar-refractivity contribution is -0.131. The van der Waals surface area contributed by atoms with Crippen LogP contribution in [0.3, 0.4) is 0 Å². The van der Waals surface area contributed by atoms with Gasteiger partial charge in [0.05, 0.1) is 0 Å². The summed E-state index contributed by atoms with van der Waals surface area (Å²) in [6.07, 6.45) is 1.88. The van der Waals surface area contributed by atoms with Gasteiger partial charge in [-0.2, -0.15) is 0 Å². The number of ketones is 1. The molecule has 0 radical (unpaired) electrons. The largest absolute Gasteiger partial charge is 0.382 e. The highest BCUT2D eigenvalue weighted by Gasteiger charge is 2.39. The number of carbonyl (C=O) groups is 1. The van der Waals surface area contributed by atoms with Crippen LogP contribution in [0, 0.1) is 0 Å². The number of hydrogen-bond acceptors (Lipinski definition) is 3. The number of methoxy groups -OCH3 is 1. The fourth-order valence-corrected chi connectivity index (χ4v) is 0.892. The van der Waals surface area contributed by atoms with E-state index in [0.717, 1.165) is 0 Å². The summed E-state index contributed by atoms with van der Waals surface area (Å²) in [4.78, 5) is 10.7. The van der Waals surface area contributed by atoms with Crippen LogP contribution in [-0.4, -0.2) is 29.7 Å². The van der Waals surface area contributed by atoms with Crippen LogP contribution in [0.4, 0.5) is 0 Å². The standard InChI is InChI=1S/C7H10O3/c1-7(10-2)4-3-5(8)6(7)9/h3-4,6,9H,1-2H3. The lowest BCUT2D eigenvalue weighted by atomic mass is 10.0. The monoisotopic (exact) mass is 142 g/mol. The van der Waals surface area contributed by atoms with Crippen molar-refractivity contribution in [3.63, 3.8) is 0 Å². The highest BCUT2D eigenvalue weighted by Crippen LogP contribution is 2.23. The van der Waals surface area contributed by atoms with E-state index in [1.165, 1.54) is 13.2 Å². The van der Waals surface area contributed by atoms with Gasteiger partial charge in [0.25, 0.3) is 0 Å². The first-order valence-corrected chi connectivity index (χ1v) is 3.06. The van der Waals surface area contributed by atoms with Gasteiger partial charge in [-0.1, -0.05) is 0 Å². The maximum absolute atomic E-state index is 10.7. The van der Waals surface area contributed by atoms with Crippen molar-refractivity contribution in [2.24, 2.45) is 0 Å². The molecule has 0 aromatic heterocycles. The molecule has 0 saturated carbocycles. The summed E-state index contributed by atoms with van der Waals surface area (Å²) in [5.74, 6) is -0.288. The molecule has 3 nitrogen and oxygen atoms in total. The quantitative estimate of drug-likeness (QED) is 0.555. The number of ether oxygens (including phenoxy) is 1. The lowest BCUT2D eigenvalue weighted by Crippen LogP contribution is -2.39. The molecular weight excluding hydrogens is 132 g/mol.